The van der Waals surface area contributed by atoms with E-state index in [1.54, 1.807) is 0 Å². The van der Waals surface area contributed by atoms with Gasteiger partial charge in [-0.1, -0.05) is 0 Å². The minimum atomic E-state index is -0.714. The number of rotatable bonds is 4. The van der Waals surface area contributed by atoms with E-state index in [0.29, 0.717) is 18.4 Å². The van der Waals surface area contributed by atoms with Crippen LogP contribution in [0.15, 0.2) is 12.3 Å². The molecule has 1 fully saturated rings. The Kier molecular flexibility index (Phi) is 3.53. The SMILES string of the molecule is CC(=O)Nc1cc(OC[C@@H]2CCN2)cnc1F. The maximum absolute atomic E-state index is 13.2. The van der Waals surface area contributed by atoms with Crippen molar-refractivity contribution < 1.29 is 13.9 Å². The maximum Gasteiger partial charge on any atom is 0.236 e. The number of amides is 1. The molecule has 1 saturated heterocycles. The highest BCUT2D eigenvalue weighted by Gasteiger charge is 2.17. The zero-order chi connectivity index (χ0) is 12.3. The molecule has 0 saturated carbocycles. The molecule has 1 aliphatic heterocycles. The van der Waals surface area contributed by atoms with Crippen LogP contribution in [0.3, 0.4) is 0 Å². The molecule has 2 heterocycles. The third-order valence-electron chi connectivity index (χ3n) is 2.50. The summed E-state index contributed by atoms with van der Waals surface area (Å²) in [6.07, 6.45) is 2.38. The largest absolute Gasteiger partial charge is 0.490 e. The Hall–Kier alpha value is -1.69. The van der Waals surface area contributed by atoms with Gasteiger partial charge in [-0.25, -0.2) is 4.98 Å². The fourth-order valence-electron chi connectivity index (χ4n) is 1.47. The molecule has 0 spiro atoms. The lowest BCUT2D eigenvalue weighted by Gasteiger charge is -2.27. The molecule has 1 aromatic heterocycles. The van der Waals surface area contributed by atoms with Crippen molar-refractivity contribution in [1.82, 2.24) is 10.3 Å². The molecule has 5 nitrogen and oxygen atoms in total. The standard InChI is InChI=1S/C11H14FN3O2/c1-7(16)15-10-4-9(5-14-11(10)12)17-6-8-2-3-13-8/h4-5,8,13H,2-3,6H2,1H3,(H,15,16)/t8-/m0/s1. The summed E-state index contributed by atoms with van der Waals surface area (Å²) in [5.74, 6) is -0.610. The van der Waals surface area contributed by atoms with Crippen LogP contribution in [-0.4, -0.2) is 30.1 Å². The fourth-order valence-corrected chi connectivity index (χ4v) is 1.47. The van der Waals surface area contributed by atoms with Gasteiger partial charge in [0.25, 0.3) is 0 Å². The molecule has 0 bridgehead atoms. The molecule has 0 aromatic carbocycles. The van der Waals surface area contributed by atoms with E-state index in [1.165, 1.54) is 19.2 Å². The second-order valence-electron chi connectivity index (χ2n) is 3.94. The summed E-state index contributed by atoms with van der Waals surface area (Å²) in [4.78, 5) is 14.4. The minimum Gasteiger partial charge on any atom is -0.490 e. The number of halogens is 1. The summed E-state index contributed by atoms with van der Waals surface area (Å²) in [6, 6.07) is 1.78. The van der Waals surface area contributed by atoms with Crippen LogP contribution in [0.1, 0.15) is 13.3 Å². The summed E-state index contributed by atoms with van der Waals surface area (Å²) in [5, 5.41) is 5.54. The van der Waals surface area contributed by atoms with E-state index in [4.69, 9.17) is 4.74 Å². The molecule has 2 N–H and O–H groups in total. The Morgan fingerprint density at radius 2 is 2.53 bits per heavy atom. The van der Waals surface area contributed by atoms with Crippen molar-refractivity contribution in [2.24, 2.45) is 0 Å². The molecule has 17 heavy (non-hydrogen) atoms. The number of hydrogen-bond acceptors (Lipinski definition) is 4. The van der Waals surface area contributed by atoms with Crippen LogP contribution in [0.2, 0.25) is 0 Å². The van der Waals surface area contributed by atoms with Crippen molar-refractivity contribution in [1.29, 1.82) is 0 Å². The Balaban J connectivity index is 1.99. The van der Waals surface area contributed by atoms with Crippen molar-refractivity contribution in [3.05, 3.63) is 18.2 Å². The van der Waals surface area contributed by atoms with E-state index >= 15 is 0 Å². The van der Waals surface area contributed by atoms with Gasteiger partial charge in [-0.05, 0) is 13.0 Å². The molecule has 2 rings (SSSR count). The van der Waals surface area contributed by atoms with E-state index in [-0.39, 0.29) is 11.6 Å². The summed E-state index contributed by atoms with van der Waals surface area (Å²) in [5.41, 5.74) is 0.0385. The summed E-state index contributed by atoms with van der Waals surface area (Å²) >= 11 is 0. The molecule has 1 atom stereocenters. The third kappa shape index (κ3) is 3.13. The highest BCUT2D eigenvalue weighted by molar-refractivity contribution is 5.88. The number of pyridine rings is 1. The van der Waals surface area contributed by atoms with Crippen molar-refractivity contribution in [2.45, 2.75) is 19.4 Å². The number of anilines is 1. The lowest BCUT2D eigenvalue weighted by atomic mass is 10.1. The molecule has 1 aliphatic rings. The number of nitrogens with one attached hydrogen (secondary N) is 2. The fraction of sp³-hybridized carbons (Fsp3) is 0.455. The normalized spacial score (nSPS) is 18.4. The monoisotopic (exact) mass is 239 g/mol. The average Bonchev–Trinajstić information content (AvgIpc) is 2.19. The molecule has 1 aromatic rings. The second kappa shape index (κ2) is 5.09. The molecule has 92 valence electrons. The highest BCUT2D eigenvalue weighted by atomic mass is 19.1. The van der Waals surface area contributed by atoms with E-state index in [9.17, 15) is 9.18 Å². The van der Waals surface area contributed by atoms with Crippen LogP contribution in [0.4, 0.5) is 10.1 Å². The van der Waals surface area contributed by atoms with Crippen molar-refractivity contribution >= 4 is 11.6 Å². The number of hydrogen-bond donors (Lipinski definition) is 2. The lowest BCUT2D eigenvalue weighted by Crippen LogP contribution is -2.46. The van der Waals surface area contributed by atoms with Gasteiger partial charge in [0.1, 0.15) is 18.0 Å². The van der Waals surface area contributed by atoms with Gasteiger partial charge >= 0.3 is 0 Å². The number of carbonyl (C=O) groups excluding carboxylic acids is 1. The average molecular weight is 239 g/mol. The first-order valence-corrected chi connectivity index (χ1v) is 5.44. The number of aromatic nitrogens is 1. The molecular weight excluding hydrogens is 225 g/mol. The quantitative estimate of drug-likeness (QED) is 0.767. The first kappa shape index (κ1) is 11.8. The van der Waals surface area contributed by atoms with Crippen LogP contribution in [0.25, 0.3) is 0 Å². The van der Waals surface area contributed by atoms with Gasteiger partial charge in [-0.3, -0.25) is 4.79 Å². The predicted octanol–water partition coefficient (Wildman–Crippen LogP) is 0.920. The summed E-state index contributed by atoms with van der Waals surface area (Å²) < 4.78 is 18.7. The van der Waals surface area contributed by atoms with Gasteiger partial charge in [-0.2, -0.15) is 4.39 Å². The van der Waals surface area contributed by atoms with Crippen LogP contribution < -0.4 is 15.4 Å². The van der Waals surface area contributed by atoms with Crippen LogP contribution in [0, 0.1) is 5.95 Å². The molecule has 0 aliphatic carbocycles. The molecule has 1 amide bonds. The van der Waals surface area contributed by atoms with Crippen LogP contribution in [0.5, 0.6) is 5.75 Å². The Morgan fingerprint density at radius 1 is 1.76 bits per heavy atom. The zero-order valence-corrected chi connectivity index (χ0v) is 9.50. The maximum atomic E-state index is 13.2. The zero-order valence-electron chi connectivity index (χ0n) is 9.50. The predicted molar refractivity (Wildman–Crippen MR) is 60.4 cm³/mol. The van der Waals surface area contributed by atoms with E-state index in [1.807, 2.05) is 0 Å². The molecule has 6 heteroatoms. The van der Waals surface area contributed by atoms with Gasteiger partial charge in [0, 0.05) is 19.0 Å². The molecule has 0 unspecified atom stereocenters. The van der Waals surface area contributed by atoms with Gasteiger partial charge in [-0.15, -0.1) is 0 Å². The summed E-state index contributed by atoms with van der Waals surface area (Å²) in [7, 11) is 0. The van der Waals surface area contributed by atoms with Crippen molar-refractivity contribution in [2.75, 3.05) is 18.5 Å². The topological polar surface area (TPSA) is 63.2 Å². The molecular formula is C11H14FN3O2. The Morgan fingerprint density at radius 3 is 3.12 bits per heavy atom. The first-order valence-electron chi connectivity index (χ1n) is 5.44. The number of carbonyl (C=O) groups is 1. The van der Waals surface area contributed by atoms with Gasteiger partial charge in [0.15, 0.2) is 0 Å². The van der Waals surface area contributed by atoms with Crippen molar-refractivity contribution in [3.63, 3.8) is 0 Å². The minimum absolute atomic E-state index is 0.0385. The van der Waals surface area contributed by atoms with Gasteiger partial charge in [0.05, 0.1) is 6.20 Å². The number of nitrogens with zero attached hydrogens (tertiary/aromatic N) is 1. The molecule has 0 radical (unpaired) electrons. The smallest absolute Gasteiger partial charge is 0.236 e. The third-order valence-corrected chi connectivity index (χ3v) is 2.50. The van der Waals surface area contributed by atoms with Crippen LogP contribution in [-0.2, 0) is 4.79 Å². The second-order valence-corrected chi connectivity index (χ2v) is 3.94. The lowest BCUT2D eigenvalue weighted by molar-refractivity contribution is -0.114. The van der Waals surface area contributed by atoms with Gasteiger partial charge in [0.2, 0.25) is 11.9 Å². The summed E-state index contributed by atoms with van der Waals surface area (Å²) in [6.45, 7) is 2.84. The van der Waals surface area contributed by atoms with E-state index in [2.05, 4.69) is 15.6 Å². The Labute approximate surface area is 98.4 Å². The van der Waals surface area contributed by atoms with Crippen LogP contribution >= 0.6 is 0 Å². The van der Waals surface area contributed by atoms with Gasteiger partial charge < -0.3 is 15.4 Å². The van der Waals surface area contributed by atoms with E-state index in [0.717, 1.165) is 13.0 Å². The highest BCUT2D eigenvalue weighted by Crippen LogP contribution is 2.19. The van der Waals surface area contributed by atoms with Crippen molar-refractivity contribution in [3.8, 4) is 5.75 Å². The Bertz CT molecular complexity index is 421. The van der Waals surface area contributed by atoms with E-state index < -0.39 is 5.95 Å². The first-order chi connectivity index (χ1) is 8.15. The number of ether oxygens (including phenoxy) is 1.